The smallest absolute Gasteiger partial charge is 0.349 e. The van der Waals surface area contributed by atoms with E-state index in [0.717, 1.165) is 0 Å². The topological polar surface area (TPSA) is 148 Å². The fraction of sp³-hybridized carbons (Fsp3) is 0.0800. The van der Waals surface area contributed by atoms with Crippen molar-refractivity contribution >= 4 is 41.3 Å². The molecule has 0 aliphatic carbocycles. The van der Waals surface area contributed by atoms with Crippen LogP contribution in [0.4, 0.5) is 0 Å². The van der Waals surface area contributed by atoms with Gasteiger partial charge >= 0.3 is 17.9 Å². The molecule has 2 amide bonds. The van der Waals surface area contributed by atoms with Gasteiger partial charge < -0.3 is 14.6 Å². The molecule has 10 nitrogen and oxygen atoms in total. The van der Waals surface area contributed by atoms with E-state index in [9.17, 15) is 29.1 Å². The molecule has 3 aromatic carbocycles. The summed E-state index contributed by atoms with van der Waals surface area (Å²) in [6.45, 7) is 0. The second-order valence-electron chi connectivity index (χ2n) is 7.17. The number of benzene rings is 3. The number of nitrogens with one attached hydrogen (secondary N) is 2. The van der Waals surface area contributed by atoms with E-state index in [-0.39, 0.29) is 16.7 Å². The molecule has 0 spiro atoms. The zero-order valence-corrected chi connectivity index (χ0v) is 19.2. The minimum Gasteiger partial charge on any atom is -0.478 e. The molecule has 3 aromatic rings. The molecule has 0 aliphatic heterocycles. The number of esters is 2. The third-order valence-electron chi connectivity index (χ3n) is 4.67. The summed E-state index contributed by atoms with van der Waals surface area (Å²) in [4.78, 5) is 62.3. The first kappa shape index (κ1) is 25.9. The molecule has 36 heavy (non-hydrogen) atoms. The van der Waals surface area contributed by atoms with Gasteiger partial charge in [-0.15, -0.1) is 0 Å². The Morgan fingerprint density at radius 3 is 1.58 bits per heavy atom. The number of ether oxygens (including phenoxy) is 2. The Balaban J connectivity index is 1.82. The van der Waals surface area contributed by atoms with Crippen molar-refractivity contribution in [2.24, 2.45) is 0 Å². The van der Waals surface area contributed by atoms with Crippen molar-refractivity contribution in [3.63, 3.8) is 0 Å². The fourth-order valence-electron chi connectivity index (χ4n) is 2.87. The quantitative estimate of drug-likeness (QED) is 0.309. The summed E-state index contributed by atoms with van der Waals surface area (Å²) >= 11 is 5.79. The number of hydrogen-bond acceptors (Lipinski definition) is 7. The molecule has 184 valence electrons. The number of rotatable bonds is 8. The van der Waals surface area contributed by atoms with E-state index in [1.165, 1.54) is 72.8 Å². The number of carboxylic acids is 1. The van der Waals surface area contributed by atoms with E-state index in [1.807, 2.05) is 5.43 Å². The van der Waals surface area contributed by atoms with Gasteiger partial charge in [0.15, 0.2) is 0 Å². The molecule has 0 unspecified atom stereocenters. The van der Waals surface area contributed by atoms with Crippen molar-refractivity contribution in [3.8, 4) is 0 Å². The lowest BCUT2D eigenvalue weighted by Crippen LogP contribution is -2.54. The van der Waals surface area contributed by atoms with Gasteiger partial charge in [0.25, 0.3) is 11.8 Å². The molecule has 0 aromatic heterocycles. The van der Waals surface area contributed by atoms with Gasteiger partial charge in [0.1, 0.15) is 0 Å². The summed E-state index contributed by atoms with van der Waals surface area (Å²) in [6.07, 6.45) is -4.40. The summed E-state index contributed by atoms with van der Waals surface area (Å²) < 4.78 is 10.2. The number of halogens is 1. The van der Waals surface area contributed by atoms with Crippen LogP contribution in [0, 0.1) is 0 Å². The standard InChI is InChI=1S/C25H19ClN2O8/c26-18-13-11-15(12-14-18)21(29)27-28-22(30)19(35-24(33)16-7-3-1-4-8-16)20(23(31)32)36-25(34)17-9-5-2-6-10-17/h1-14,19-20H,(H,27,29)(H,28,30)(H,31,32)/t19-,20+/m0/s1. The van der Waals surface area contributed by atoms with Gasteiger partial charge in [-0.05, 0) is 48.5 Å². The molecule has 3 N–H and O–H groups in total. The number of hydrogen-bond donors (Lipinski definition) is 3. The van der Waals surface area contributed by atoms with Gasteiger partial charge in [-0.25, -0.2) is 14.4 Å². The fourth-order valence-corrected chi connectivity index (χ4v) is 3.00. The molecule has 3 rings (SSSR count). The molecule has 0 aliphatic rings. The maximum Gasteiger partial charge on any atom is 0.349 e. The minimum absolute atomic E-state index is 0.00772. The number of carboxylic acid groups (broad SMARTS) is 1. The number of carbonyl (C=O) groups is 5. The molecule has 2 atom stereocenters. The van der Waals surface area contributed by atoms with Crippen LogP contribution in [-0.4, -0.2) is 47.0 Å². The molecule has 0 saturated heterocycles. The van der Waals surface area contributed by atoms with Crippen LogP contribution >= 0.6 is 11.6 Å². The minimum atomic E-state index is -2.24. The van der Waals surface area contributed by atoms with E-state index in [2.05, 4.69) is 5.43 Å². The zero-order valence-electron chi connectivity index (χ0n) is 18.4. The van der Waals surface area contributed by atoms with Crippen LogP contribution in [0.25, 0.3) is 0 Å². The Labute approximate surface area is 209 Å². The van der Waals surface area contributed by atoms with Crippen LogP contribution in [0.1, 0.15) is 31.1 Å². The second kappa shape index (κ2) is 12.1. The first-order chi connectivity index (χ1) is 17.3. The van der Waals surface area contributed by atoms with Crippen LogP contribution in [-0.2, 0) is 19.1 Å². The van der Waals surface area contributed by atoms with Crippen molar-refractivity contribution in [1.29, 1.82) is 0 Å². The number of carbonyl (C=O) groups excluding carboxylic acids is 4. The van der Waals surface area contributed by atoms with Crippen LogP contribution in [0.3, 0.4) is 0 Å². The van der Waals surface area contributed by atoms with Crippen molar-refractivity contribution in [3.05, 3.63) is 107 Å². The van der Waals surface area contributed by atoms with E-state index in [4.69, 9.17) is 21.1 Å². The van der Waals surface area contributed by atoms with Gasteiger partial charge in [-0.1, -0.05) is 48.0 Å². The van der Waals surface area contributed by atoms with Crippen LogP contribution in [0.15, 0.2) is 84.9 Å². The first-order valence-electron chi connectivity index (χ1n) is 10.4. The Hall–Kier alpha value is -4.70. The lowest BCUT2D eigenvalue weighted by atomic mass is 10.1. The van der Waals surface area contributed by atoms with E-state index >= 15 is 0 Å². The molecule has 0 radical (unpaired) electrons. The zero-order chi connectivity index (χ0) is 26.1. The van der Waals surface area contributed by atoms with E-state index in [0.29, 0.717) is 5.02 Å². The summed E-state index contributed by atoms with van der Waals surface area (Å²) in [5, 5.41) is 10.1. The summed E-state index contributed by atoms with van der Waals surface area (Å²) in [7, 11) is 0. The number of hydrazine groups is 1. The van der Waals surface area contributed by atoms with Crippen molar-refractivity contribution in [1.82, 2.24) is 10.9 Å². The van der Waals surface area contributed by atoms with Crippen LogP contribution in [0.2, 0.25) is 5.02 Å². The highest BCUT2D eigenvalue weighted by molar-refractivity contribution is 6.30. The van der Waals surface area contributed by atoms with Gasteiger partial charge in [0, 0.05) is 10.6 Å². The molecule has 0 heterocycles. The third kappa shape index (κ3) is 6.90. The predicted molar refractivity (Wildman–Crippen MR) is 126 cm³/mol. The Morgan fingerprint density at radius 2 is 1.11 bits per heavy atom. The summed E-state index contributed by atoms with van der Waals surface area (Å²) in [5.74, 6) is -5.90. The highest BCUT2D eigenvalue weighted by Gasteiger charge is 2.41. The van der Waals surface area contributed by atoms with Crippen molar-refractivity contribution < 1.29 is 38.6 Å². The van der Waals surface area contributed by atoms with Crippen molar-refractivity contribution in [2.75, 3.05) is 0 Å². The number of amides is 2. The van der Waals surface area contributed by atoms with Crippen LogP contribution < -0.4 is 10.9 Å². The molecule has 0 fully saturated rings. The maximum atomic E-state index is 12.9. The first-order valence-corrected chi connectivity index (χ1v) is 10.7. The van der Waals surface area contributed by atoms with Crippen molar-refractivity contribution in [2.45, 2.75) is 12.2 Å². The van der Waals surface area contributed by atoms with Crippen LogP contribution in [0.5, 0.6) is 0 Å². The third-order valence-corrected chi connectivity index (χ3v) is 4.92. The van der Waals surface area contributed by atoms with Gasteiger partial charge in [0.2, 0.25) is 12.2 Å². The SMILES string of the molecule is O=C(NNC(=O)[C@@H](OC(=O)c1ccccc1)[C@@H](OC(=O)c1ccccc1)C(=O)O)c1ccc(Cl)cc1. The molecule has 11 heteroatoms. The molecule has 0 saturated carbocycles. The largest absolute Gasteiger partial charge is 0.478 e. The Bertz CT molecular complexity index is 1250. The Kier molecular flexibility index (Phi) is 8.73. The summed E-state index contributed by atoms with van der Waals surface area (Å²) in [6, 6.07) is 20.6. The van der Waals surface area contributed by atoms with Gasteiger partial charge in [0.05, 0.1) is 11.1 Å². The predicted octanol–water partition coefficient (Wildman–Crippen LogP) is 2.64. The van der Waals surface area contributed by atoms with E-state index in [1.54, 1.807) is 12.1 Å². The van der Waals surface area contributed by atoms with E-state index < -0.39 is 41.9 Å². The maximum absolute atomic E-state index is 12.9. The molecule has 0 bridgehead atoms. The number of aliphatic carboxylic acids is 1. The normalized spacial score (nSPS) is 11.9. The Morgan fingerprint density at radius 1 is 0.639 bits per heavy atom. The van der Waals surface area contributed by atoms with Gasteiger partial charge in [-0.2, -0.15) is 0 Å². The average molecular weight is 511 g/mol. The molecular weight excluding hydrogens is 492 g/mol. The lowest BCUT2D eigenvalue weighted by Gasteiger charge is -2.23. The average Bonchev–Trinajstić information content (AvgIpc) is 2.90. The lowest BCUT2D eigenvalue weighted by molar-refractivity contribution is -0.159. The molecular formula is C25H19ClN2O8. The highest BCUT2D eigenvalue weighted by atomic mass is 35.5. The second-order valence-corrected chi connectivity index (χ2v) is 7.61. The van der Waals surface area contributed by atoms with Gasteiger partial charge in [-0.3, -0.25) is 20.4 Å². The summed E-state index contributed by atoms with van der Waals surface area (Å²) in [5.41, 5.74) is 4.23. The highest BCUT2D eigenvalue weighted by Crippen LogP contribution is 2.14. The monoisotopic (exact) mass is 510 g/mol.